The van der Waals surface area contributed by atoms with Crippen molar-refractivity contribution in [3.63, 3.8) is 0 Å². The quantitative estimate of drug-likeness (QED) is 0.843. The smallest absolute Gasteiger partial charge is 0.315 e. The number of hydrogen-bond acceptors (Lipinski definition) is 2. The summed E-state index contributed by atoms with van der Waals surface area (Å²) in [6, 6.07) is 5.56. The molecule has 0 aliphatic carbocycles. The van der Waals surface area contributed by atoms with Crippen LogP contribution in [0.25, 0.3) is 0 Å². The van der Waals surface area contributed by atoms with Gasteiger partial charge in [0.1, 0.15) is 18.2 Å². The van der Waals surface area contributed by atoms with E-state index in [2.05, 4.69) is 10.6 Å². The van der Waals surface area contributed by atoms with Crippen LogP contribution >= 0.6 is 0 Å². The first-order valence-electron chi connectivity index (χ1n) is 6.84. The molecule has 0 aromatic heterocycles. The highest BCUT2D eigenvalue weighted by molar-refractivity contribution is 5.74. The Bertz CT molecular complexity index is 420. The molecule has 1 aromatic carbocycles. The van der Waals surface area contributed by atoms with Crippen molar-refractivity contribution in [2.75, 3.05) is 6.61 Å². The van der Waals surface area contributed by atoms with Gasteiger partial charge < -0.3 is 15.4 Å². The first-order chi connectivity index (χ1) is 9.38. The number of hydrogen-bond donors (Lipinski definition) is 2. The maximum Gasteiger partial charge on any atom is 0.315 e. The van der Waals surface area contributed by atoms with E-state index in [9.17, 15) is 9.18 Å². The highest BCUT2D eigenvalue weighted by atomic mass is 19.1. The van der Waals surface area contributed by atoms with Crippen LogP contribution in [0.2, 0.25) is 0 Å². The van der Waals surface area contributed by atoms with Crippen molar-refractivity contribution in [2.45, 2.75) is 39.8 Å². The molecule has 112 valence electrons. The third-order valence-corrected chi connectivity index (χ3v) is 3.05. The van der Waals surface area contributed by atoms with Crippen LogP contribution in [0.1, 0.15) is 27.7 Å². The number of amides is 2. The first kappa shape index (κ1) is 16.3. The van der Waals surface area contributed by atoms with E-state index in [1.807, 2.05) is 27.7 Å². The maximum absolute atomic E-state index is 12.7. The average molecular weight is 282 g/mol. The highest BCUT2D eigenvalue weighted by Gasteiger charge is 2.12. The van der Waals surface area contributed by atoms with E-state index in [0.717, 1.165) is 0 Å². The second-order valence-corrected chi connectivity index (χ2v) is 5.32. The van der Waals surface area contributed by atoms with Gasteiger partial charge in [0.2, 0.25) is 0 Å². The molecule has 0 bridgehead atoms. The fraction of sp³-hybridized carbons (Fsp3) is 0.533. The lowest BCUT2D eigenvalue weighted by Crippen LogP contribution is -2.47. The molecule has 0 heterocycles. The van der Waals surface area contributed by atoms with Crippen LogP contribution in [0.3, 0.4) is 0 Å². The topological polar surface area (TPSA) is 50.4 Å². The summed E-state index contributed by atoms with van der Waals surface area (Å²) in [5, 5.41) is 5.66. The predicted octanol–water partition coefficient (Wildman–Crippen LogP) is 2.94. The summed E-state index contributed by atoms with van der Waals surface area (Å²) in [4.78, 5) is 11.7. The van der Waals surface area contributed by atoms with Crippen LogP contribution in [0.4, 0.5) is 9.18 Å². The zero-order valence-corrected chi connectivity index (χ0v) is 12.4. The van der Waals surface area contributed by atoms with Gasteiger partial charge in [-0.3, -0.25) is 0 Å². The van der Waals surface area contributed by atoms with E-state index in [4.69, 9.17) is 4.74 Å². The summed E-state index contributed by atoms with van der Waals surface area (Å²) < 4.78 is 18.2. The van der Waals surface area contributed by atoms with Crippen molar-refractivity contribution < 1.29 is 13.9 Å². The molecule has 0 saturated carbocycles. The number of carbonyl (C=O) groups excluding carboxylic acids is 1. The van der Waals surface area contributed by atoms with Crippen LogP contribution in [-0.2, 0) is 0 Å². The number of carbonyl (C=O) groups is 1. The number of nitrogens with one attached hydrogen (secondary N) is 2. The normalized spacial score (nSPS) is 13.7. The molecule has 0 aliphatic rings. The Kier molecular flexibility index (Phi) is 6.28. The second kappa shape index (κ2) is 7.72. The van der Waals surface area contributed by atoms with Crippen LogP contribution in [-0.4, -0.2) is 24.7 Å². The fourth-order valence-electron chi connectivity index (χ4n) is 1.43. The van der Waals surface area contributed by atoms with Crippen LogP contribution in [0.5, 0.6) is 5.75 Å². The molecule has 0 saturated heterocycles. The van der Waals surface area contributed by atoms with E-state index >= 15 is 0 Å². The minimum atomic E-state index is -0.300. The maximum atomic E-state index is 12.7. The van der Waals surface area contributed by atoms with Crippen molar-refractivity contribution in [3.05, 3.63) is 30.1 Å². The Balaban J connectivity index is 2.31. The van der Waals surface area contributed by atoms with Gasteiger partial charge in [0, 0.05) is 6.04 Å². The number of halogens is 1. The summed E-state index contributed by atoms with van der Waals surface area (Å²) in [6.45, 7) is 8.24. The Morgan fingerprint density at radius 2 is 1.75 bits per heavy atom. The molecule has 5 heteroatoms. The monoisotopic (exact) mass is 282 g/mol. The molecule has 0 aliphatic heterocycles. The van der Waals surface area contributed by atoms with E-state index < -0.39 is 0 Å². The van der Waals surface area contributed by atoms with E-state index in [0.29, 0.717) is 18.3 Å². The lowest BCUT2D eigenvalue weighted by molar-refractivity contribution is 0.221. The molecule has 0 spiro atoms. The van der Waals surface area contributed by atoms with E-state index in [-0.39, 0.29) is 23.9 Å². The molecule has 1 aromatic rings. The van der Waals surface area contributed by atoms with Crippen molar-refractivity contribution in [3.8, 4) is 5.75 Å². The third-order valence-electron chi connectivity index (χ3n) is 3.05. The van der Waals surface area contributed by atoms with Crippen molar-refractivity contribution in [1.29, 1.82) is 0 Å². The van der Waals surface area contributed by atoms with Gasteiger partial charge >= 0.3 is 6.03 Å². The Hall–Kier alpha value is -1.78. The molecule has 2 atom stereocenters. The molecule has 2 N–H and O–H groups in total. The number of benzene rings is 1. The summed E-state index contributed by atoms with van der Waals surface area (Å²) in [5.41, 5.74) is 0. The number of rotatable bonds is 6. The lowest BCUT2D eigenvalue weighted by atomic mass is 10.1. The van der Waals surface area contributed by atoms with Gasteiger partial charge in [-0.25, -0.2) is 9.18 Å². The Morgan fingerprint density at radius 3 is 2.30 bits per heavy atom. The van der Waals surface area contributed by atoms with Gasteiger partial charge in [-0.05, 0) is 44.0 Å². The predicted molar refractivity (Wildman–Crippen MR) is 77.3 cm³/mol. The van der Waals surface area contributed by atoms with Gasteiger partial charge in [-0.15, -0.1) is 0 Å². The van der Waals surface area contributed by atoms with Gasteiger partial charge in [-0.1, -0.05) is 13.8 Å². The van der Waals surface area contributed by atoms with Crippen LogP contribution in [0.15, 0.2) is 24.3 Å². The van der Waals surface area contributed by atoms with Crippen molar-refractivity contribution in [1.82, 2.24) is 10.6 Å². The Morgan fingerprint density at radius 1 is 1.15 bits per heavy atom. The lowest BCUT2D eigenvalue weighted by Gasteiger charge is -2.20. The molecule has 0 fully saturated rings. The molecular weight excluding hydrogens is 259 g/mol. The molecule has 0 radical (unpaired) electrons. The largest absolute Gasteiger partial charge is 0.491 e. The molecule has 1 rings (SSSR count). The Labute approximate surface area is 119 Å². The highest BCUT2D eigenvalue weighted by Crippen LogP contribution is 2.11. The SMILES string of the molecule is CC(COc1ccc(F)cc1)NC(=O)NC(C)C(C)C. The van der Waals surface area contributed by atoms with Crippen molar-refractivity contribution in [2.24, 2.45) is 5.92 Å². The zero-order valence-electron chi connectivity index (χ0n) is 12.4. The minimum Gasteiger partial charge on any atom is -0.491 e. The molecule has 2 amide bonds. The summed E-state index contributed by atoms with van der Waals surface area (Å²) in [6.07, 6.45) is 0. The van der Waals surface area contributed by atoms with Gasteiger partial charge in [-0.2, -0.15) is 0 Å². The zero-order chi connectivity index (χ0) is 15.1. The van der Waals surface area contributed by atoms with Gasteiger partial charge in [0.05, 0.1) is 6.04 Å². The standard InChI is InChI=1S/C15H23FN2O2/c1-10(2)12(4)18-15(19)17-11(3)9-20-14-7-5-13(16)6-8-14/h5-8,10-12H,9H2,1-4H3,(H2,17,18,19). The summed E-state index contributed by atoms with van der Waals surface area (Å²) >= 11 is 0. The van der Waals surface area contributed by atoms with E-state index in [1.54, 1.807) is 12.1 Å². The average Bonchev–Trinajstić information content (AvgIpc) is 2.37. The van der Waals surface area contributed by atoms with E-state index in [1.165, 1.54) is 12.1 Å². The van der Waals surface area contributed by atoms with Gasteiger partial charge in [0.25, 0.3) is 0 Å². The molecule has 4 nitrogen and oxygen atoms in total. The second-order valence-electron chi connectivity index (χ2n) is 5.32. The summed E-state index contributed by atoms with van der Waals surface area (Å²) in [5.74, 6) is 0.660. The number of ether oxygens (including phenoxy) is 1. The molecular formula is C15H23FN2O2. The molecule has 20 heavy (non-hydrogen) atoms. The van der Waals surface area contributed by atoms with Crippen LogP contribution in [0, 0.1) is 11.7 Å². The molecule has 2 unspecified atom stereocenters. The minimum absolute atomic E-state index is 0.111. The summed E-state index contributed by atoms with van der Waals surface area (Å²) in [7, 11) is 0. The number of urea groups is 1. The van der Waals surface area contributed by atoms with Gasteiger partial charge in [0.15, 0.2) is 0 Å². The first-order valence-corrected chi connectivity index (χ1v) is 6.84. The van der Waals surface area contributed by atoms with Crippen LogP contribution < -0.4 is 15.4 Å². The van der Waals surface area contributed by atoms with Crippen molar-refractivity contribution >= 4 is 6.03 Å². The third kappa shape index (κ3) is 5.91. The fourth-order valence-corrected chi connectivity index (χ4v) is 1.43.